The molecule has 0 aliphatic rings. The number of carbonyl (C=O) groups excluding carboxylic acids is 2. The number of halogens is 1. The van der Waals surface area contributed by atoms with E-state index in [9.17, 15) is 14.0 Å². The summed E-state index contributed by atoms with van der Waals surface area (Å²) in [5, 5.41) is 0. The zero-order chi connectivity index (χ0) is 24.4. The second-order valence-electron chi connectivity index (χ2n) is 6.64. The molecule has 0 bridgehead atoms. The van der Waals surface area contributed by atoms with Gasteiger partial charge < -0.3 is 19.9 Å². The number of benzene rings is 2. The molecule has 0 fully saturated rings. The quantitative estimate of drug-likeness (QED) is 0.217. The first-order valence-corrected chi connectivity index (χ1v) is 10.0. The van der Waals surface area contributed by atoms with E-state index in [1.807, 2.05) is 0 Å². The highest BCUT2D eigenvalue weighted by Crippen LogP contribution is 2.38. The summed E-state index contributed by atoms with van der Waals surface area (Å²) >= 11 is 0. The second-order valence-corrected chi connectivity index (χ2v) is 6.64. The van der Waals surface area contributed by atoms with Crippen molar-refractivity contribution in [2.75, 3.05) is 33.1 Å². The van der Waals surface area contributed by atoms with E-state index in [0.717, 1.165) is 6.07 Å². The molecule has 1 amide bonds. The predicted molar refractivity (Wildman–Crippen MR) is 122 cm³/mol. The number of hydrogen-bond donors (Lipinski definition) is 1. The molecule has 0 heterocycles. The minimum absolute atomic E-state index is 0.153. The number of esters is 1. The Bertz CT molecular complexity index is 1160. The molecule has 2 aromatic carbocycles. The first kappa shape index (κ1) is 25.1. The Morgan fingerprint density at radius 2 is 1.91 bits per heavy atom. The Kier molecular flexibility index (Phi) is 9.14. The summed E-state index contributed by atoms with van der Waals surface area (Å²) in [6.45, 7) is 3.61. The summed E-state index contributed by atoms with van der Waals surface area (Å²) in [6, 6.07) is 9.59. The van der Waals surface area contributed by atoms with Crippen molar-refractivity contribution in [3.8, 4) is 35.3 Å². The molecule has 0 atom stereocenters. The lowest BCUT2D eigenvalue weighted by atomic mass is 10.0. The van der Waals surface area contributed by atoms with Crippen LogP contribution in [-0.4, -0.2) is 44.1 Å². The van der Waals surface area contributed by atoms with Gasteiger partial charge in [-0.3, -0.25) is 9.69 Å². The van der Waals surface area contributed by atoms with E-state index in [1.54, 1.807) is 13.8 Å². The fourth-order valence-electron chi connectivity index (χ4n) is 3.03. The van der Waals surface area contributed by atoms with Crippen LogP contribution in [0.4, 0.5) is 10.1 Å². The first-order valence-electron chi connectivity index (χ1n) is 10.0. The van der Waals surface area contributed by atoms with Gasteiger partial charge in [-0.05, 0) is 38.1 Å². The number of hydrogen-bond acceptors (Lipinski definition) is 6. The number of rotatable bonds is 8. The van der Waals surface area contributed by atoms with Crippen molar-refractivity contribution in [3.63, 3.8) is 0 Å². The van der Waals surface area contributed by atoms with Gasteiger partial charge in [0.15, 0.2) is 11.5 Å². The van der Waals surface area contributed by atoms with Gasteiger partial charge >= 0.3 is 5.97 Å². The van der Waals surface area contributed by atoms with Gasteiger partial charge in [-0.25, -0.2) is 9.18 Å². The van der Waals surface area contributed by atoms with E-state index in [0.29, 0.717) is 12.0 Å². The Morgan fingerprint density at radius 1 is 1.15 bits per heavy atom. The zero-order valence-electron chi connectivity index (χ0n) is 19.0. The number of ether oxygens (including phenoxy) is 3. The number of anilines is 1. The molecule has 0 aliphatic heterocycles. The van der Waals surface area contributed by atoms with Gasteiger partial charge in [0, 0.05) is 24.6 Å². The normalized spacial score (nSPS) is 9.61. The van der Waals surface area contributed by atoms with Crippen LogP contribution in [0, 0.1) is 29.6 Å². The number of nitrogens with two attached hydrogens (primary N) is 1. The molecule has 8 heteroatoms. The maximum atomic E-state index is 13.5. The molecule has 0 saturated carbocycles. The third-order valence-electron chi connectivity index (χ3n) is 4.49. The SMILES string of the molecule is CC#Cc1c(C(=O)OC)cc(OCCCN(C#CC)C(=O)c2cccc(F)c2)c(OC)c1N. The molecule has 0 aromatic heterocycles. The van der Waals surface area contributed by atoms with Crippen molar-refractivity contribution >= 4 is 17.6 Å². The molecule has 2 aromatic rings. The fraction of sp³-hybridized carbons (Fsp3) is 0.280. The molecular weight excluding hydrogens is 427 g/mol. The Labute approximate surface area is 192 Å². The van der Waals surface area contributed by atoms with Crippen LogP contribution in [0.3, 0.4) is 0 Å². The topological polar surface area (TPSA) is 91.1 Å². The van der Waals surface area contributed by atoms with Crippen LogP contribution in [-0.2, 0) is 4.74 Å². The van der Waals surface area contributed by atoms with Crippen LogP contribution in [0.15, 0.2) is 30.3 Å². The highest BCUT2D eigenvalue weighted by Gasteiger charge is 2.22. The maximum absolute atomic E-state index is 13.5. The minimum atomic E-state index is -0.614. The smallest absolute Gasteiger partial charge is 0.339 e. The van der Waals surface area contributed by atoms with Crippen LogP contribution >= 0.6 is 0 Å². The lowest BCUT2D eigenvalue weighted by Crippen LogP contribution is -2.28. The number of nitrogens with zero attached hydrogens (tertiary/aromatic N) is 1. The van der Waals surface area contributed by atoms with Crippen LogP contribution in [0.1, 0.15) is 46.5 Å². The van der Waals surface area contributed by atoms with E-state index in [-0.39, 0.29) is 41.5 Å². The monoisotopic (exact) mass is 452 g/mol. The third-order valence-corrected chi connectivity index (χ3v) is 4.49. The summed E-state index contributed by atoms with van der Waals surface area (Å²) in [4.78, 5) is 26.2. The number of carbonyl (C=O) groups is 2. The third kappa shape index (κ3) is 6.18. The van der Waals surface area contributed by atoms with Gasteiger partial charge in [0.05, 0.1) is 37.6 Å². The van der Waals surface area contributed by atoms with Crippen molar-refractivity contribution in [1.82, 2.24) is 4.90 Å². The van der Waals surface area contributed by atoms with E-state index in [1.165, 1.54) is 43.4 Å². The molecule has 0 unspecified atom stereocenters. The maximum Gasteiger partial charge on any atom is 0.339 e. The predicted octanol–water partition coefficient (Wildman–Crippen LogP) is 3.47. The van der Waals surface area contributed by atoms with Gasteiger partial charge in [-0.15, -0.1) is 5.92 Å². The van der Waals surface area contributed by atoms with Crippen LogP contribution in [0.25, 0.3) is 0 Å². The summed E-state index contributed by atoms with van der Waals surface area (Å²) in [5.74, 6) is 7.13. The van der Waals surface area contributed by atoms with E-state index < -0.39 is 17.7 Å². The lowest BCUT2D eigenvalue weighted by molar-refractivity contribution is 0.0599. The van der Waals surface area contributed by atoms with Crippen molar-refractivity contribution in [2.45, 2.75) is 20.3 Å². The average molecular weight is 452 g/mol. The summed E-state index contributed by atoms with van der Waals surface area (Å²) in [6.07, 6.45) is 0.392. The van der Waals surface area contributed by atoms with E-state index in [4.69, 9.17) is 19.9 Å². The molecule has 2 rings (SSSR count). The van der Waals surface area contributed by atoms with Crippen molar-refractivity contribution < 1.29 is 28.2 Å². The molecule has 7 nitrogen and oxygen atoms in total. The molecule has 33 heavy (non-hydrogen) atoms. The van der Waals surface area contributed by atoms with Crippen LogP contribution in [0.2, 0.25) is 0 Å². The van der Waals surface area contributed by atoms with Crippen molar-refractivity contribution in [3.05, 3.63) is 52.8 Å². The second kappa shape index (κ2) is 12.0. The minimum Gasteiger partial charge on any atom is -0.491 e. The summed E-state index contributed by atoms with van der Waals surface area (Å²) < 4.78 is 29.5. The Morgan fingerprint density at radius 3 is 2.52 bits per heavy atom. The van der Waals surface area contributed by atoms with E-state index in [2.05, 4.69) is 23.8 Å². The Balaban J connectivity index is 2.18. The molecule has 0 saturated heterocycles. The molecule has 0 aliphatic carbocycles. The standard InChI is InChI=1S/C25H25FN2O5/c1-5-9-19-20(25(30)32-4)16-21(23(31-3)22(19)27)33-14-8-13-28(12-6-2)24(29)17-10-7-11-18(26)15-17/h7,10-11,15-16H,8,13-14,27H2,1-4H3. The molecule has 2 N–H and O–H groups in total. The highest BCUT2D eigenvalue weighted by atomic mass is 19.1. The number of amides is 1. The Hall–Kier alpha value is -4.17. The molecule has 0 radical (unpaired) electrons. The molecule has 0 spiro atoms. The molecule has 172 valence electrons. The summed E-state index contributed by atoms with van der Waals surface area (Å²) in [5.41, 5.74) is 6.96. The number of methoxy groups -OCH3 is 2. The van der Waals surface area contributed by atoms with E-state index >= 15 is 0 Å². The van der Waals surface area contributed by atoms with Crippen molar-refractivity contribution in [2.24, 2.45) is 0 Å². The average Bonchev–Trinajstić information content (AvgIpc) is 2.81. The highest BCUT2D eigenvalue weighted by molar-refractivity contribution is 5.96. The van der Waals surface area contributed by atoms with Gasteiger partial charge in [-0.2, -0.15) is 0 Å². The zero-order valence-corrected chi connectivity index (χ0v) is 19.0. The molecular formula is C25H25FN2O5. The largest absolute Gasteiger partial charge is 0.491 e. The van der Waals surface area contributed by atoms with Gasteiger partial charge in [0.25, 0.3) is 5.91 Å². The van der Waals surface area contributed by atoms with Crippen molar-refractivity contribution in [1.29, 1.82) is 0 Å². The van der Waals surface area contributed by atoms with Crippen LogP contribution < -0.4 is 15.2 Å². The lowest BCUT2D eigenvalue weighted by Gasteiger charge is -2.18. The van der Waals surface area contributed by atoms with Gasteiger partial charge in [-0.1, -0.05) is 17.9 Å². The van der Waals surface area contributed by atoms with Gasteiger partial charge in [0.1, 0.15) is 5.82 Å². The first-order chi connectivity index (χ1) is 15.9. The van der Waals surface area contributed by atoms with Crippen LogP contribution in [0.5, 0.6) is 11.5 Å². The van der Waals surface area contributed by atoms with Gasteiger partial charge in [0.2, 0.25) is 0 Å². The summed E-state index contributed by atoms with van der Waals surface area (Å²) in [7, 11) is 2.68. The number of nitrogen functional groups attached to an aromatic ring is 1. The fourth-order valence-corrected chi connectivity index (χ4v) is 3.03.